The Kier molecular flexibility index (Phi) is 3.51. The number of pyridine rings is 1. The van der Waals surface area contributed by atoms with E-state index >= 15 is 0 Å². The minimum Gasteiger partial charge on any atom is -0.388 e. The molecule has 0 unspecified atom stereocenters. The monoisotopic (exact) mass is 311 g/mol. The summed E-state index contributed by atoms with van der Waals surface area (Å²) in [6, 6.07) is 3.29. The fourth-order valence-electron chi connectivity index (χ4n) is 2.27. The van der Waals surface area contributed by atoms with Crippen molar-refractivity contribution in [1.29, 1.82) is 0 Å². The Bertz CT molecular complexity index is 637. The van der Waals surface area contributed by atoms with Crippen molar-refractivity contribution in [2.24, 2.45) is 11.7 Å². The van der Waals surface area contributed by atoms with Crippen molar-refractivity contribution in [2.75, 3.05) is 6.54 Å². The molecule has 1 aromatic heterocycles. The number of nitrogens with zero attached hydrogens (tertiary/aromatic N) is 2. The van der Waals surface area contributed by atoms with E-state index < -0.39 is 10.0 Å². The number of hydrogen-bond donors (Lipinski definition) is 1. The molecule has 108 valence electrons. The Balaban J connectivity index is 1.99. The number of hydrogen-bond acceptors (Lipinski definition) is 4. The molecule has 0 atom stereocenters. The van der Waals surface area contributed by atoms with E-state index in [9.17, 15) is 8.42 Å². The molecule has 0 bridgehead atoms. The van der Waals surface area contributed by atoms with Crippen molar-refractivity contribution in [3.8, 4) is 0 Å². The topological polar surface area (TPSA) is 76.3 Å². The third kappa shape index (κ3) is 2.70. The molecule has 1 aromatic rings. The quantitative estimate of drug-likeness (QED) is 0.801. The van der Waals surface area contributed by atoms with Crippen LogP contribution >= 0.6 is 12.2 Å². The zero-order chi connectivity index (χ0) is 14.3. The van der Waals surface area contributed by atoms with Crippen LogP contribution in [0.5, 0.6) is 0 Å². The van der Waals surface area contributed by atoms with Gasteiger partial charge >= 0.3 is 0 Å². The van der Waals surface area contributed by atoms with E-state index in [1.807, 2.05) is 0 Å². The van der Waals surface area contributed by atoms with Gasteiger partial charge in [0.15, 0.2) is 0 Å². The zero-order valence-electron chi connectivity index (χ0n) is 11.0. The molecule has 0 amide bonds. The average molecular weight is 311 g/mol. The zero-order valence-corrected chi connectivity index (χ0v) is 12.7. The van der Waals surface area contributed by atoms with E-state index in [2.05, 4.69) is 4.98 Å². The van der Waals surface area contributed by atoms with Crippen LogP contribution in [0.25, 0.3) is 0 Å². The van der Waals surface area contributed by atoms with Crippen molar-refractivity contribution in [2.45, 2.75) is 36.6 Å². The van der Waals surface area contributed by atoms with Crippen LogP contribution < -0.4 is 5.73 Å². The summed E-state index contributed by atoms with van der Waals surface area (Å²) >= 11 is 4.92. The molecule has 0 radical (unpaired) electrons. The van der Waals surface area contributed by atoms with Crippen molar-refractivity contribution >= 4 is 27.2 Å². The lowest BCUT2D eigenvalue weighted by Gasteiger charge is -2.22. The molecule has 3 rings (SSSR count). The van der Waals surface area contributed by atoms with Crippen LogP contribution in [0.2, 0.25) is 0 Å². The second-order valence-corrected chi connectivity index (χ2v) is 7.76. The third-order valence-electron chi connectivity index (χ3n) is 3.68. The molecule has 2 aliphatic rings. The highest BCUT2D eigenvalue weighted by molar-refractivity contribution is 7.89. The maximum absolute atomic E-state index is 12.9. The normalized spacial score (nSPS) is 19.2. The lowest BCUT2D eigenvalue weighted by atomic mass is 10.3. The number of rotatable bonds is 6. The molecule has 0 spiro atoms. The molecule has 2 saturated carbocycles. The van der Waals surface area contributed by atoms with Gasteiger partial charge in [-0.3, -0.25) is 4.98 Å². The summed E-state index contributed by atoms with van der Waals surface area (Å²) in [5.41, 5.74) is 5.80. The van der Waals surface area contributed by atoms with Gasteiger partial charge in [0.25, 0.3) is 0 Å². The van der Waals surface area contributed by atoms with Gasteiger partial charge in [0.05, 0.1) is 0 Å². The Morgan fingerprint density at radius 1 is 1.40 bits per heavy atom. The highest BCUT2D eigenvalue weighted by Gasteiger charge is 2.42. The Labute approximate surface area is 124 Å². The molecule has 0 saturated heterocycles. The van der Waals surface area contributed by atoms with Gasteiger partial charge in [-0.25, -0.2) is 8.42 Å². The summed E-state index contributed by atoms with van der Waals surface area (Å²) < 4.78 is 27.4. The smallest absolute Gasteiger partial charge is 0.245 e. The Morgan fingerprint density at radius 2 is 2.10 bits per heavy atom. The van der Waals surface area contributed by atoms with Gasteiger partial charge in [-0.1, -0.05) is 12.2 Å². The summed E-state index contributed by atoms with van der Waals surface area (Å²) in [5, 5.41) is 0. The van der Waals surface area contributed by atoms with Crippen LogP contribution in [-0.4, -0.2) is 35.3 Å². The second-order valence-electron chi connectivity index (χ2n) is 5.46. The number of nitrogens with two attached hydrogens (primary N) is 1. The summed E-state index contributed by atoms with van der Waals surface area (Å²) in [6.07, 6.45) is 5.63. The van der Waals surface area contributed by atoms with E-state index in [0.29, 0.717) is 12.5 Å². The Hall–Kier alpha value is -1.05. The van der Waals surface area contributed by atoms with Gasteiger partial charge in [0, 0.05) is 18.8 Å². The fourth-order valence-corrected chi connectivity index (χ4v) is 4.42. The van der Waals surface area contributed by atoms with Gasteiger partial charge in [0.1, 0.15) is 15.6 Å². The average Bonchev–Trinajstić information content (AvgIpc) is 3.27. The highest BCUT2D eigenvalue weighted by Crippen LogP contribution is 2.38. The van der Waals surface area contributed by atoms with Gasteiger partial charge in [-0.15, -0.1) is 0 Å². The van der Waals surface area contributed by atoms with E-state index in [1.165, 1.54) is 6.20 Å². The molecule has 2 aliphatic carbocycles. The molecule has 0 aliphatic heterocycles. The van der Waals surface area contributed by atoms with Crippen molar-refractivity contribution in [3.63, 3.8) is 0 Å². The van der Waals surface area contributed by atoms with Gasteiger partial charge in [-0.05, 0) is 43.7 Å². The number of thiocarbonyl (C=S) groups is 1. The lowest BCUT2D eigenvalue weighted by molar-refractivity contribution is 0.388. The van der Waals surface area contributed by atoms with Crippen LogP contribution in [0.1, 0.15) is 31.4 Å². The van der Waals surface area contributed by atoms with Crippen LogP contribution in [0.4, 0.5) is 0 Å². The van der Waals surface area contributed by atoms with Gasteiger partial charge in [0.2, 0.25) is 10.0 Å². The van der Waals surface area contributed by atoms with E-state index in [0.717, 1.165) is 25.7 Å². The van der Waals surface area contributed by atoms with Crippen molar-refractivity contribution in [3.05, 3.63) is 24.0 Å². The molecule has 20 heavy (non-hydrogen) atoms. The van der Waals surface area contributed by atoms with Gasteiger partial charge in [-0.2, -0.15) is 4.31 Å². The summed E-state index contributed by atoms with van der Waals surface area (Å²) in [6.45, 7) is 0.610. The summed E-state index contributed by atoms with van der Waals surface area (Å²) in [5.74, 6) is 0.510. The first-order chi connectivity index (χ1) is 9.50. The largest absolute Gasteiger partial charge is 0.388 e. The van der Waals surface area contributed by atoms with Crippen LogP contribution in [0.15, 0.2) is 23.2 Å². The molecule has 1 heterocycles. The molecular weight excluding hydrogens is 294 g/mol. The maximum atomic E-state index is 12.9. The van der Waals surface area contributed by atoms with E-state index in [1.54, 1.807) is 16.4 Å². The summed E-state index contributed by atoms with van der Waals surface area (Å²) in [7, 11) is -3.57. The third-order valence-corrected chi connectivity index (χ3v) is 5.82. The van der Waals surface area contributed by atoms with Crippen LogP contribution in [-0.2, 0) is 10.0 Å². The minimum atomic E-state index is -3.57. The maximum Gasteiger partial charge on any atom is 0.245 e. The van der Waals surface area contributed by atoms with Gasteiger partial charge < -0.3 is 5.73 Å². The molecule has 2 fully saturated rings. The minimum absolute atomic E-state index is 0.0198. The number of aromatic nitrogens is 1. The molecule has 7 heteroatoms. The summed E-state index contributed by atoms with van der Waals surface area (Å²) in [4.78, 5) is 4.19. The highest BCUT2D eigenvalue weighted by atomic mass is 32.2. The molecule has 5 nitrogen and oxygen atoms in total. The van der Waals surface area contributed by atoms with Crippen LogP contribution in [0.3, 0.4) is 0 Å². The first-order valence-corrected chi connectivity index (χ1v) is 8.61. The van der Waals surface area contributed by atoms with E-state index in [4.69, 9.17) is 18.0 Å². The Morgan fingerprint density at radius 3 is 2.65 bits per heavy atom. The number of sulfonamides is 1. The molecular formula is C13H17N3O2S2. The second kappa shape index (κ2) is 5.05. The standard InChI is InChI=1S/C13H17N3O2S2/c14-13(19)12-11(2-1-7-15-12)20(17,18)16(10-5-6-10)8-9-3-4-9/h1-2,7,9-10H,3-6,8H2,(H2,14,19). The predicted octanol–water partition coefficient (Wildman–Crippen LogP) is 1.28. The van der Waals surface area contributed by atoms with E-state index in [-0.39, 0.29) is 21.6 Å². The molecule has 2 N–H and O–H groups in total. The molecule has 0 aromatic carbocycles. The van der Waals surface area contributed by atoms with Crippen molar-refractivity contribution in [1.82, 2.24) is 9.29 Å². The van der Waals surface area contributed by atoms with Crippen molar-refractivity contribution < 1.29 is 8.42 Å². The van der Waals surface area contributed by atoms with Crippen LogP contribution in [0, 0.1) is 5.92 Å². The first kappa shape index (κ1) is 13.9. The lowest BCUT2D eigenvalue weighted by Crippen LogP contribution is -2.36. The predicted molar refractivity (Wildman–Crippen MR) is 79.8 cm³/mol. The first-order valence-electron chi connectivity index (χ1n) is 6.77. The fraction of sp³-hybridized carbons (Fsp3) is 0.538. The SMILES string of the molecule is NC(=S)c1ncccc1S(=O)(=O)N(CC1CC1)C1CC1.